The van der Waals surface area contributed by atoms with Crippen molar-refractivity contribution >= 4 is 28.6 Å². The van der Waals surface area contributed by atoms with Gasteiger partial charge in [-0.25, -0.2) is 4.79 Å². The van der Waals surface area contributed by atoms with E-state index in [1.807, 2.05) is 12.1 Å². The number of hydrogen-bond donors (Lipinski definition) is 2. The van der Waals surface area contributed by atoms with E-state index in [9.17, 15) is 14.4 Å². The van der Waals surface area contributed by atoms with Gasteiger partial charge in [0.2, 0.25) is 5.91 Å². The van der Waals surface area contributed by atoms with E-state index in [2.05, 4.69) is 29.6 Å². The van der Waals surface area contributed by atoms with Crippen molar-refractivity contribution in [1.82, 2.24) is 15.4 Å². The van der Waals surface area contributed by atoms with E-state index in [1.165, 1.54) is 4.57 Å². The zero-order valence-electron chi connectivity index (χ0n) is 16.5. The second-order valence-electron chi connectivity index (χ2n) is 6.46. The summed E-state index contributed by atoms with van der Waals surface area (Å²) in [6, 6.07) is 14.2. The van der Waals surface area contributed by atoms with Gasteiger partial charge in [0.05, 0.1) is 5.52 Å². The summed E-state index contributed by atoms with van der Waals surface area (Å²) in [5.41, 5.74) is 7.35. The number of nitrogens with zero attached hydrogens (tertiary/aromatic N) is 2. The standard InChI is InChI=1S/C21H24N4O4/c1-3-24(4-2)16-11-9-15(10-12-16)20(27)23-22-19(26)13-14-25-17-7-5-6-8-18(17)29-21(25)28/h5-12H,3-4,13-14H2,1-2H3,(H,22,26)(H,23,27). The van der Waals surface area contributed by atoms with Crippen LogP contribution in [-0.4, -0.2) is 29.5 Å². The predicted octanol–water partition coefficient (Wildman–Crippen LogP) is 2.29. The summed E-state index contributed by atoms with van der Waals surface area (Å²) in [5, 5.41) is 0. The Morgan fingerprint density at radius 1 is 1.00 bits per heavy atom. The minimum atomic E-state index is -0.517. The van der Waals surface area contributed by atoms with E-state index in [4.69, 9.17) is 4.42 Å². The molecule has 29 heavy (non-hydrogen) atoms. The average Bonchev–Trinajstić information content (AvgIpc) is 3.06. The number of hydrazine groups is 1. The summed E-state index contributed by atoms with van der Waals surface area (Å²) in [5.74, 6) is -1.33. The monoisotopic (exact) mass is 396 g/mol. The first-order valence-electron chi connectivity index (χ1n) is 9.56. The molecule has 0 radical (unpaired) electrons. The lowest BCUT2D eigenvalue weighted by atomic mass is 10.2. The van der Waals surface area contributed by atoms with Gasteiger partial charge in [0.1, 0.15) is 0 Å². The first-order chi connectivity index (χ1) is 14.0. The highest BCUT2D eigenvalue weighted by Crippen LogP contribution is 2.15. The van der Waals surface area contributed by atoms with Crippen LogP contribution in [0.15, 0.2) is 57.7 Å². The fourth-order valence-electron chi connectivity index (χ4n) is 3.11. The Kier molecular flexibility index (Phi) is 6.33. The molecule has 152 valence electrons. The van der Waals surface area contributed by atoms with Gasteiger partial charge in [-0.05, 0) is 50.2 Å². The second-order valence-corrected chi connectivity index (χ2v) is 6.46. The molecular weight excluding hydrogens is 372 g/mol. The molecule has 1 heterocycles. The minimum absolute atomic E-state index is 0.0185. The van der Waals surface area contributed by atoms with E-state index in [-0.39, 0.29) is 13.0 Å². The van der Waals surface area contributed by atoms with Crippen LogP contribution in [0.3, 0.4) is 0 Å². The lowest BCUT2D eigenvalue weighted by Crippen LogP contribution is -2.42. The number of amides is 2. The second kappa shape index (κ2) is 9.09. The van der Waals surface area contributed by atoms with Crippen LogP contribution >= 0.6 is 0 Å². The molecule has 0 atom stereocenters. The van der Waals surface area contributed by atoms with Gasteiger partial charge < -0.3 is 9.32 Å². The Bertz CT molecular complexity index is 1050. The number of nitrogens with one attached hydrogen (secondary N) is 2. The number of anilines is 1. The smallest absolute Gasteiger partial charge is 0.408 e. The SMILES string of the molecule is CCN(CC)c1ccc(C(=O)NNC(=O)CCn2c(=O)oc3ccccc32)cc1. The molecule has 0 unspecified atom stereocenters. The molecule has 0 saturated carbocycles. The first-order valence-corrected chi connectivity index (χ1v) is 9.56. The Morgan fingerprint density at radius 2 is 1.69 bits per heavy atom. The molecule has 8 nitrogen and oxygen atoms in total. The van der Waals surface area contributed by atoms with Crippen molar-refractivity contribution in [2.75, 3.05) is 18.0 Å². The third kappa shape index (κ3) is 4.66. The molecular formula is C21H24N4O4. The molecule has 2 aromatic carbocycles. The number of fused-ring (bicyclic) bond motifs is 1. The summed E-state index contributed by atoms with van der Waals surface area (Å²) >= 11 is 0. The fraction of sp³-hybridized carbons (Fsp3) is 0.286. The quantitative estimate of drug-likeness (QED) is 0.598. The Hall–Kier alpha value is -3.55. The number of aromatic nitrogens is 1. The Morgan fingerprint density at radius 3 is 2.38 bits per heavy atom. The van der Waals surface area contributed by atoms with Crippen LogP contribution < -0.4 is 21.5 Å². The molecule has 0 fully saturated rings. The topological polar surface area (TPSA) is 96.6 Å². The van der Waals surface area contributed by atoms with Gasteiger partial charge >= 0.3 is 5.76 Å². The number of benzene rings is 2. The number of hydrogen-bond acceptors (Lipinski definition) is 5. The van der Waals surface area contributed by atoms with Crippen LogP contribution in [-0.2, 0) is 11.3 Å². The number of rotatable bonds is 7. The molecule has 0 bridgehead atoms. The van der Waals surface area contributed by atoms with Gasteiger partial charge in [-0.15, -0.1) is 0 Å². The molecule has 2 N–H and O–H groups in total. The van der Waals surface area contributed by atoms with Crippen LogP contribution in [0.4, 0.5) is 5.69 Å². The van der Waals surface area contributed by atoms with Crippen LogP contribution in [0, 0.1) is 0 Å². The number of carbonyl (C=O) groups is 2. The molecule has 2 amide bonds. The lowest BCUT2D eigenvalue weighted by Gasteiger charge is -2.21. The molecule has 0 aliphatic carbocycles. The van der Waals surface area contributed by atoms with Crippen molar-refractivity contribution in [1.29, 1.82) is 0 Å². The largest absolute Gasteiger partial charge is 0.419 e. The van der Waals surface area contributed by atoms with Crippen LogP contribution in [0.1, 0.15) is 30.6 Å². The van der Waals surface area contributed by atoms with Gasteiger partial charge in [0, 0.05) is 37.3 Å². The van der Waals surface area contributed by atoms with E-state index in [0.29, 0.717) is 16.7 Å². The van der Waals surface area contributed by atoms with Gasteiger partial charge in [0.25, 0.3) is 5.91 Å². The van der Waals surface area contributed by atoms with Crippen molar-refractivity contribution in [3.8, 4) is 0 Å². The zero-order valence-corrected chi connectivity index (χ0v) is 16.5. The summed E-state index contributed by atoms with van der Waals surface area (Å²) in [4.78, 5) is 38.4. The summed E-state index contributed by atoms with van der Waals surface area (Å²) < 4.78 is 6.52. The molecule has 1 aromatic heterocycles. The van der Waals surface area contributed by atoms with Crippen molar-refractivity contribution in [3.05, 3.63) is 64.6 Å². The Balaban J connectivity index is 1.53. The predicted molar refractivity (Wildman–Crippen MR) is 111 cm³/mol. The minimum Gasteiger partial charge on any atom is -0.408 e. The highest BCUT2D eigenvalue weighted by atomic mass is 16.4. The molecule has 3 rings (SSSR count). The van der Waals surface area contributed by atoms with Crippen LogP contribution in [0.2, 0.25) is 0 Å². The summed E-state index contributed by atoms with van der Waals surface area (Å²) in [7, 11) is 0. The maximum atomic E-state index is 12.2. The number of aryl methyl sites for hydroxylation is 1. The third-order valence-corrected chi connectivity index (χ3v) is 4.71. The summed E-state index contributed by atoms with van der Waals surface area (Å²) in [6.07, 6.45) is 0.0185. The highest BCUT2D eigenvalue weighted by Gasteiger charge is 2.12. The fourth-order valence-corrected chi connectivity index (χ4v) is 3.11. The van der Waals surface area contributed by atoms with E-state index in [0.717, 1.165) is 18.8 Å². The van der Waals surface area contributed by atoms with E-state index < -0.39 is 17.6 Å². The highest BCUT2D eigenvalue weighted by molar-refractivity contribution is 5.95. The molecule has 3 aromatic rings. The first kappa shape index (κ1) is 20.2. The van der Waals surface area contributed by atoms with Gasteiger partial charge in [-0.3, -0.25) is 25.0 Å². The Labute approximate surface area is 168 Å². The van der Waals surface area contributed by atoms with Crippen molar-refractivity contribution < 1.29 is 14.0 Å². The number of oxazole rings is 1. The molecule has 0 spiro atoms. The van der Waals surface area contributed by atoms with Crippen molar-refractivity contribution in [2.24, 2.45) is 0 Å². The zero-order chi connectivity index (χ0) is 20.8. The lowest BCUT2D eigenvalue weighted by molar-refractivity contribution is -0.122. The van der Waals surface area contributed by atoms with Crippen LogP contribution in [0.25, 0.3) is 11.1 Å². The van der Waals surface area contributed by atoms with Crippen molar-refractivity contribution in [2.45, 2.75) is 26.8 Å². The summed E-state index contributed by atoms with van der Waals surface area (Å²) in [6.45, 7) is 6.05. The van der Waals surface area contributed by atoms with Gasteiger partial charge in [-0.1, -0.05) is 12.1 Å². The third-order valence-electron chi connectivity index (χ3n) is 4.71. The van der Waals surface area contributed by atoms with Crippen molar-refractivity contribution in [3.63, 3.8) is 0 Å². The molecule has 0 aliphatic rings. The number of carbonyl (C=O) groups excluding carboxylic acids is 2. The van der Waals surface area contributed by atoms with Crippen LogP contribution in [0.5, 0.6) is 0 Å². The van der Waals surface area contributed by atoms with Gasteiger partial charge in [0.15, 0.2) is 5.58 Å². The van der Waals surface area contributed by atoms with E-state index >= 15 is 0 Å². The van der Waals surface area contributed by atoms with E-state index in [1.54, 1.807) is 36.4 Å². The average molecular weight is 396 g/mol. The molecule has 8 heteroatoms. The van der Waals surface area contributed by atoms with Gasteiger partial charge in [-0.2, -0.15) is 0 Å². The normalized spacial score (nSPS) is 10.7. The number of para-hydroxylation sites is 2. The molecule has 0 aliphatic heterocycles. The maximum absolute atomic E-state index is 12.2. The molecule has 0 saturated heterocycles. The maximum Gasteiger partial charge on any atom is 0.419 e.